The third-order valence-corrected chi connectivity index (χ3v) is 7.14. The second kappa shape index (κ2) is 10.1. The van der Waals surface area contributed by atoms with Crippen LogP contribution in [0.1, 0.15) is 44.2 Å². The van der Waals surface area contributed by atoms with Crippen LogP contribution in [0.15, 0.2) is 48.5 Å². The lowest BCUT2D eigenvalue weighted by Gasteiger charge is -2.27. The van der Waals surface area contributed by atoms with Gasteiger partial charge in [-0.1, -0.05) is 62.4 Å². The van der Waals surface area contributed by atoms with Crippen LogP contribution in [0.2, 0.25) is 0 Å². The number of hydrogen-bond donors (Lipinski definition) is 3. The SMILES string of the molecule is CC(C)C(CC(=O)NC1COCC1(C)C(=O)O)NC(=O)OCC1c2ccccc2-c2ccccc21. The molecule has 2 amide bonds. The molecule has 3 unspecified atom stereocenters. The fourth-order valence-corrected chi connectivity index (χ4v) is 4.78. The van der Waals surface area contributed by atoms with Crippen molar-refractivity contribution in [3.63, 3.8) is 0 Å². The summed E-state index contributed by atoms with van der Waals surface area (Å²) in [5.74, 6) is -1.44. The number of ether oxygens (including phenoxy) is 2. The van der Waals surface area contributed by atoms with Crippen molar-refractivity contribution in [2.24, 2.45) is 11.3 Å². The van der Waals surface area contributed by atoms with Crippen LogP contribution in [0.3, 0.4) is 0 Å². The number of carbonyl (C=O) groups is 3. The van der Waals surface area contributed by atoms with Gasteiger partial charge in [0.15, 0.2) is 0 Å². The van der Waals surface area contributed by atoms with E-state index < -0.39 is 29.6 Å². The van der Waals surface area contributed by atoms with Gasteiger partial charge < -0.3 is 25.2 Å². The van der Waals surface area contributed by atoms with Gasteiger partial charge in [0.25, 0.3) is 0 Å². The lowest BCUT2D eigenvalue weighted by atomic mass is 9.85. The Morgan fingerprint density at radius 1 is 1.09 bits per heavy atom. The Labute approximate surface area is 205 Å². The Hall–Kier alpha value is -3.39. The molecular weight excluding hydrogens is 448 g/mol. The van der Waals surface area contributed by atoms with E-state index in [0.717, 1.165) is 22.3 Å². The molecular formula is C27H32N2O6. The van der Waals surface area contributed by atoms with E-state index in [9.17, 15) is 19.5 Å². The minimum absolute atomic E-state index is 0.00800. The second-order valence-corrected chi connectivity index (χ2v) is 9.88. The summed E-state index contributed by atoms with van der Waals surface area (Å²) in [5, 5.41) is 15.1. The topological polar surface area (TPSA) is 114 Å². The summed E-state index contributed by atoms with van der Waals surface area (Å²) in [4.78, 5) is 37.0. The molecule has 8 heteroatoms. The number of carboxylic acids is 1. The van der Waals surface area contributed by atoms with Gasteiger partial charge in [-0.2, -0.15) is 0 Å². The first-order valence-electron chi connectivity index (χ1n) is 11.9. The van der Waals surface area contributed by atoms with Crippen molar-refractivity contribution in [3.8, 4) is 11.1 Å². The monoisotopic (exact) mass is 480 g/mol. The van der Waals surface area contributed by atoms with Crippen LogP contribution in [-0.4, -0.2) is 55.0 Å². The van der Waals surface area contributed by atoms with E-state index in [2.05, 4.69) is 34.9 Å². The number of amides is 2. The minimum atomic E-state index is -1.18. The highest BCUT2D eigenvalue weighted by Gasteiger charge is 2.47. The molecule has 0 radical (unpaired) electrons. The van der Waals surface area contributed by atoms with Crippen molar-refractivity contribution in [2.45, 2.75) is 45.2 Å². The van der Waals surface area contributed by atoms with E-state index in [1.807, 2.05) is 38.1 Å². The van der Waals surface area contributed by atoms with E-state index >= 15 is 0 Å². The molecule has 1 saturated heterocycles. The summed E-state index contributed by atoms with van der Waals surface area (Å²) in [6.45, 7) is 5.73. The molecule has 3 N–H and O–H groups in total. The molecule has 2 aromatic carbocycles. The van der Waals surface area contributed by atoms with Gasteiger partial charge in [-0.25, -0.2) is 4.79 Å². The van der Waals surface area contributed by atoms with E-state index in [-0.39, 0.29) is 44.0 Å². The largest absolute Gasteiger partial charge is 0.481 e. The summed E-state index contributed by atoms with van der Waals surface area (Å²) in [7, 11) is 0. The number of carboxylic acid groups (broad SMARTS) is 1. The van der Waals surface area contributed by atoms with Gasteiger partial charge in [-0.15, -0.1) is 0 Å². The summed E-state index contributed by atoms with van der Waals surface area (Å²) in [5.41, 5.74) is 3.38. The van der Waals surface area contributed by atoms with Crippen LogP contribution in [0, 0.1) is 11.3 Å². The van der Waals surface area contributed by atoms with Crippen molar-refractivity contribution < 1.29 is 29.0 Å². The predicted molar refractivity (Wildman–Crippen MR) is 130 cm³/mol. The molecule has 186 valence electrons. The van der Waals surface area contributed by atoms with Crippen LogP contribution >= 0.6 is 0 Å². The molecule has 8 nitrogen and oxygen atoms in total. The van der Waals surface area contributed by atoms with Crippen LogP contribution in [0.5, 0.6) is 0 Å². The summed E-state index contributed by atoms with van der Waals surface area (Å²) in [6, 6.07) is 15.1. The first-order valence-corrected chi connectivity index (χ1v) is 11.9. The highest BCUT2D eigenvalue weighted by atomic mass is 16.5. The number of aliphatic carboxylic acids is 1. The van der Waals surface area contributed by atoms with Crippen LogP contribution in [0.25, 0.3) is 11.1 Å². The number of nitrogens with one attached hydrogen (secondary N) is 2. The average Bonchev–Trinajstić information content (AvgIpc) is 3.36. The number of benzene rings is 2. The highest BCUT2D eigenvalue weighted by Crippen LogP contribution is 2.44. The first kappa shape index (κ1) is 24.7. The Morgan fingerprint density at radius 2 is 1.69 bits per heavy atom. The molecule has 0 aromatic heterocycles. The molecule has 1 heterocycles. The molecule has 1 aliphatic carbocycles. The van der Waals surface area contributed by atoms with E-state index in [0.29, 0.717) is 0 Å². The van der Waals surface area contributed by atoms with Crippen LogP contribution < -0.4 is 10.6 Å². The molecule has 0 bridgehead atoms. The lowest BCUT2D eigenvalue weighted by molar-refractivity contribution is -0.149. The van der Waals surface area contributed by atoms with Gasteiger partial charge in [0.1, 0.15) is 12.0 Å². The van der Waals surface area contributed by atoms with Gasteiger partial charge in [0.2, 0.25) is 5.91 Å². The Kier molecular flexibility index (Phi) is 7.12. The van der Waals surface area contributed by atoms with Gasteiger partial charge in [0.05, 0.1) is 19.3 Å². The third-order valence-electron chi connectivity index (χ3n) is 7.14. The molecule has 1 aliphatic heterocycles. The maximum atomic E-state index is 12.7. The number of alkyl carbamates (subject to hydrolysis) is 1. The number of carbonyl (C=O) groups excluding carboxylic acids is 2. The average molecular weight is 481 g/mol. The molecule has 1 fully saturated rings. The molecule has 2 aromatic rings. The van der Waals surface area contributed by atoms with E-state index in [1.54, 1.807) is 6.92 Å². The number of rotatable bonds is 8. The Balaban J connectivity index is 1.35. The van der Waals surface area contributed by atoms with E-state index in [4.69, 9.17) is 9.47 Å². The maximum absolute atomic E-state index is 12.7. The van der Waals surface area contributed by atoms with Gasteiger partial charge in [-0.05, 0) is 35.1 Å². The molecule has 0 spiro atoms. The van der Waals surface area contributed by atoms with Gasteiger partial charge in [-0.3, -0.25) is 9.59 Å². The Bertz CT molecular complexity index is 1070. The summed E-state index contributed by atoms with van der Waals surface area (Å²) < 4.78 is 10.9. The normalized spacial score (nSPS) is 21.8. The van der Waals surface area contributed by atoms with Crippen molar-refractivity contribution in [2.75, 3.05) is 19.8 Å². The van der Waals surface area contributed by atoms with E-state index in [1.165, 1.54) is 0 Å². The fraction of sp³-hybridized carbons (Fsp3) is 0.444. The smallest absolute Gasteiger partial charge is 0.407 e. The molecule has 0 saturated carbocycles. The number of hydrogen-bond acceptors (Lipinski definition) is 5. The van der Waals surface area contributed by atoms with Gasteiger partial charge >= 0.3 is 12.1 Å². The Morgan fingerprint density at radius 3 is 2.26 bits per heavy atom. The fourth-order valence-electron chi connectivity index (χ4n) is 4.78. The van der Waals surface area contributed by atoms with Crippen LogP contribution in [0.4, 0.5) is 4.79 Å². The molecule has 35 heavy (non-hydrogen) atoms. The third kappa shape index (κ3) is 5.03. The maximum Gasteiger partial charge on any atom is 0.407 e. The molecule has 3 atom stereocenters. The van der Waals surface area contributed by atoms with Gasteiger partial charge in [0, 0.05) is 18.4 Å². The zero-order chi connectivity index (χ0) is 25.2. The summed E-state index contributed by atoms with van der Waals surface area (Å²) >= 11 is 0. The zero-order valence-electron chi connectivity index (χ0n) is 20.2. The van der Waals surface area contributed by atoms with Crippen molar-refractivity contribution >= 4 is 18.0 Å². The molecule has 2 aliphatic rings. The van der Waals surface area contributed by atoms with Crippen molar-refractivity contribution in [1.29, 1.82) is 0 Å². The first-order chi connectivity index (χ1) is 16.7. The number of fused-ring (bicyclic) bond motifs is 3. The quantitative estimate of drug-likeness (QED) is 0.533. The summed E-state index contributed by atoms with van der Waals surface area (Å²) in [6.07, 6.45) is -0.577. The van der Waals surface area contributed by atoms with Crippen LogP contribution in [-0.2, 0) is 19.1 Å². The van der Waals surface area contributed by atoms with Crippen molar-refractivity contribution in [3.05, 3.63) is 59.7 Å². The lowest BCUT2D eigenvalue weighted by Crippen LogP contribution is -2.51. The standard InChI is InChI=1S/C27H32N2O6/c1-16(2)22(12-24(30)29-23-14-34-15-27(23,3)25(31)32)28-26(33)35-13-21-19-10-6-4-8-17(19)18-9-5-7-11-20(18)21/h4-11,16,21-23H,12-15H2,1-3H3,(H,28,33)(H,29,30)(H,31,32). The van der Waals surface area contributed by atoms with Crippen molar-refractivity contribution in [1.82, 2.24) is 10.6 Å². The highest BCUT2D eigenvalue weighted by molar-refractivity contribution is 5.81. The second-order valence-electron chi connectivity index (χ2n) is 9.88. The molecule has 4 rings (SSSR count). The predicted octanol–water partition coefficient (Wildman–Crippen LogP) is 3.55. The zero-order valence-corrected chi connectivity index (χ0v) is 20.2. The minimum Gasteiger partial charge on any atom is -0.481 e.